The van der Waals surface area contributed by atoms with Crippen molar-refractivity contribution in [2.24, 2.45) is 52.1 Å². The molecule has 6 fully saturated rings. The van der Waals surface area contributed by atoms with E-state index >= 15 is 0 Å². The van der Waals surface area contributed by atoms with Gasteiger partial charge in [0.25, 0.3) is 0 Å². The van der Waals surface area contributed by atoms with Crippen LogP contribution in [0.5, 0.6) is 11.5 Å². The number of carbonyl (C=O) groups excluding carboxylic acids is 2. The molecule has 0 aromatic heterocycles. The molecule has 0 spiro atoms. The van der Waals surface area contributed by atoms with Gasteiger partial charge in [-0.1, -0.05) is 12.1 Å². The van der Waals surface area contributed by atoms with Crippen molar-refractivity contribution < 1.29 is 19.1 Å². The summed E-state index contributed by atoms with van der Waals surface area (Å²) in [5, 5.41) is 3.10. The minimum atomic E-state index is -0.203. The first-order valence-corrected chi connectivity index (χ1v) is 10.4. The Kier molecular flexibility index (Phi) is 2.34. The van der Waals surface area contributed by atoms with Crippen LogP contribution in [0.15, 0.2) is 18.2 Å². The maximum Gasteiger partial charge on any atom is 0.227 e. The summed E-state index contributed by atoms with van der Waals surface area (Å²) in [5.41, 5.74) is 6.27. The van der Waals surface area contributed by atoms with Crippen LogP contribution in [0.2, 0.25) is 0 Å². The van der Waals surface area contributed by atoms with Crippen molar-refractivity contribution in [2.75, 3.05) is 13.2 Å². The van der Waals surface area contributed by atoms with Crippen molar-refractivity contribution in [3.8, 4) is 11.5 Å². The third-order valence-corrected chi connectivity index (χ3v) is 9.15. The predicted octanol–water partition coefficient (Wildman–Crippen LogP) is 1.12. The average molecular weight is 380 g/mol. The standard InChI is InChI=1S/C22H24N2O4/c1-20(2)8-9-4-3-5-10(17(9)28-20)27-7-6-24-19(26)22-14-11-15(22)13-16(22)12(14)21(11,13)18(23)25/h3-5,11-16H,6-8H2,1-2H3,(H2,23,25)(H,24,26). The van der Waals surface area contributed by atoms with Gasteiger partial charge in [-0.2, -0.15) is 0 Å². The van der Waals surface area contributed by atoms with Gasteiger partial charge in [0.05, 0.1) is 17.4 Å². The third-order valence-electron chi connectivity index (χ3n) is 9.15. The quantitative estimate of drug-likeness (QED) is 0.724. The molecule has 28 heavy (non-hydrogen) atoms. The molecule has 6 heteroatoms. The molecule has 0 saturated heterocycles. The van der Waals surface area contributed by atoms with Crippen LogP contribution in [0.25, 0.3) is 0 Å². The van der Waals surface area contributed by atoms with Crippen molar-refractivity contribution in [1.82, 2.24) is 5.32 Å². The fraction of sp³-hybridized carbons (Fsp3) is 0.636. The lowest BCUT2D eigenvalue weighted by molar-refractivity contribution is -0.623. The van der Waals surface area contributed by atoms with Crippen molar-refractivity contribution in [3.05, 3.63) is 23.8 Å². The maximum atomic E-state index is 12.9. The number of fused-ring (bicyclic) bond motifs is 1. The summed E-state index contributed by atoms with van der Waals surface area (Å²) in [4.78, 5) is 24.7. The number of para-hydroxylation sites is 1. The van der Waals surface area contributed by atoms with Crippen molar-refractivity contribution >= 4 is 11.8 Å². The number of carbonyl (C=O) groups is 2. The van der Waals surface area contributed by atoms with Crippen LogP contribution in [0.1, 0.15) is 19.4 Å². The number of nitrogens with one attached hydrogen (secondary N) is 1. The second-order valence-electron chi connectivity index (χ2n) is 10.3. The molecule has 1 heterocycles. The normalized spacial score (nSPS) is 47.6. The molecular formula is C22H24N2O4. The number of hydrogen-bond donors (Lipinski definition) is 2. The molecule has 1 aliphatic heterocycles. The maximum absolute atomic E-state index is 12.9. The summed E-state index contributed by atoms with van der Waals surface area (Å²) in [7, 11) is 0. The Bertz CT molecular complexity index is 929. The number of hydrogen-bond acceptors (Lipinski definition) is 4. The summed E-state index contributed by atoms with van der Waals surface area (Å²) >= 11 is 0. The lowest BCUT2D eigenvalue weighted by Gasteiger charge is -3.09. The third kappa shape index (κ3) is 1.21. The van der Waals surface area contributed by atoms with E-state index in [1.807, 2.05) is 12.1 Å². The first-order valence-electron chi connectivity index (χ1n) is 10.4. The second-order valence-corrected chi connectivity index (χ2v) is 10.3. The SMILES string of the molecule is CC1(C)Cc2cccc(OCCNC(=O)C34C5C6C3C3C4C5C63C(N)=O)c2O1. The summed E-state index contributed by atoms with van der Waals surface area (Å²) in [6.07, 6.45) is 0.874. The Balaban J connectivity index is 0.971. The van der Waals surface area contributed by atoms with E-state index in [2.05, 4.69) is 25.2 Å². The minimum absolute atomic E-state index is 0.112. The monoisotopic (exact) mass is 380 g/mol. The van der Waals surface area contributed by atoms with Crippen LogP contribution in [0.3, 0.4) is 0 Å². The minimum Gasteiger partial charge on any atom is -0.488 e. The first-order chi connectivity index (χ1) is 13.4. The molecular weight excluding hydrogens is 356 g/mol. The van der Waals surface area contributed by atoms with Gasteiger partial charge in [-0.3, -0.25) is 9.59 Å². The van der Waals surface area contributed by atoms with Gasteiger partial charge in [-0.05, 0) is 55.4 Å². The largest absolute Gasteiger partial charge is 0.488 e. The Morgan fingerprint density at radius 2 is 1.79 bits per heavy atom. The summed E-state index contributed by atoms with van der Waals surface area (Å²) < 4.78 is 11.9. The highest BCUT2D eigenvalue weighted by molar-refractivity contribution is 5.99. The van der Waals surface area contributed by atoms with Crippen LogP contribution >= 0.6 is 0 Å². The van der Waals surface area contributed by atoms with Crippen LogP contribution in [0.4, 0.5) is 0 Å². The molecule has 0 radical (unpaired) electrons. The number of nitrogens with two attached hydrogens (primary N) is 1. The molecule has 6 saturated carbocycles. The number of ether oxygens (including phenoxy) is 2. The van der Waals surface area contributed by atoms with E-state index in [1.165, 1.54) is 5.56 Å². The van der Waals surface area contributed by atoms with Gasteiger partial charge in [0.1, 0.15) is 12.2 Å². The highest BCUT2D eigenvalue weighted by atomic mass is 16.5. The Morgan fingerprint density at radius 3 is 2.43 bits per heavy atom. The topological polar surface area (TPSA) is 90.6 Å². The number of rotatable bonds is 6. The Hall–Kier alpha value is -2.24. The van der Waals surface area contributed by atoms with Gasteiger partial charge >= 0.3 is 0 Å². The van der Waals surface area contributed by atoms with Crippen molar-refractivity contribution in [3.63, 3.8) is 0 Å². The number of primary amides is 1. The van der Waals surface area contributed by atoms with Crippen molar-refractivity contribution in [1.29, 1.82) is 0 Å². The smallest absolute Gasteiger partial charge is 0.227 e. The van der Waals surface area contributed by atoms with Crippen LogP contribution < -0.4 is 20.5 Å². The molecule has 7 aliphatic rings. The summed E-state index contributed by atoms with van der Waals surface area (Å²) in [6.45, 7) is 5.05. The molecule has 3 N–H and O–H groups in total. The van der Waals surface area contributed by atoms with Gasteiger partial charge in [0.15, 0.2) is 11.5 Å². The molecule has 6 aliphatic carbocycles. The second kappa shape index (κ2) is 4.19. The van der Waals surface area contributed by atoms with E-state index < -0.39 is 0 Å². The molecule has 0 atom stereocenters. The molecule has 1 aromatic rings. The molecule has 146 valence electrons. The lowest BCUT2D eigenvalue weighted by Crippen LogP contribution is -3.12. The highest BCUT2D eigenvalue weighted by Crippen LogP contribution is 3.10. The fourth-order valence-electron chi connectivity index (χ4n) is 8.65. The molecule has 8 rings (SSSR count). The van der Waals surface area contributed by atoms with E-state index in [-0.39, 0.29) is 28.2 Å². The summed E-state index contributed by atoms with van der Waals surface area (Å²) in [6, 6.07) is 5.98. The van der Waals surface area contributed by atoms with Crippen LogP contribution in [-0.4, -0.2) is 30.6 Å². The Morgan fingerprint density at radius 1 is 1.14 bits per heavy atom. The van der Waals surface area contributed by atoms with Crippen LogP contribution in [-0.2, 0) is 16.0 Å². The molecule has 2 amide bonds. The Labute approximate surface area is 163 Å². The fourth-order valence-corrected chi connectivity index (χ4v) is 8.65. The number of amides is 2. The zero-order valence-electron chi connectivity index (χ0n) is 16.0. The molecule has 1 aromatic carbocycles. The van der Waals surface area contributed by atoms with E-state index in [9.17, 15) is 9.59 Å². The van der Waals surface area contributed by atoms with Crippen LogP contribution in [0, 0.1) is 46.3 Å². The van der Waals surface area contributed by atoms with Gasteiger partial charge in [0, 0.05) is 12.0 Å². The predicted molar refractivity (Wildman–Crippen MR) is 98.4 cm³/mol. The number of benzene rings is 1. The molecule has 0 bridgehead atoms. The van der Waals surface area contributed by atoms with Gasteiger partial charge < -0.3 is 20.5 Å². The van der Waals surface area contributed by atoms with Gasteiger partial charge in [-0.15, -0.1) is 0 Å². The molecule has 0 unspecified atom stereocenters. The van der Waals surface area contributed by atoms with E-state index in [0.717, 1.165) is 17.9 Å². The zero-order chi connectivity index (χ0) is 19.2. The average Bonchev–Trinajstić information content (AvgIpc) is 2.99. The van der Waals surface area contributed by atoms with E-state index in [1.54, 1.807) is 0 Å². The highest BCUT2D eigenvalue weighted by Gasteiger charge is 3.12. The van der Waals surface area contributed by atoms with Gasteiger partial charge in [0.2, 0.25) is 11.8 Å². The van der Waals surface area contributed by atoms with E-state index in [4.69, 9.17) is 15.2 Å². The zero-order valence-corrected chi connectivity index (χ0v) is 16.0. The van der Waals surface area contributed by atoms with E-state index in [0.29, 0.717) is 48.7 Å². The van der Waals surface area contributed by atoms with Crippen molar-refractivity contribution in [2.45, 2.75) is 25.9 Å². The molecule has 6 nitrogen and oxygen atoms in total. The first kappa shape index (κ1) is 15.7. The van der Waals surface area contributed by atoms with Gasteiger partial charge in [-0.25, -0.2) is 0 Å². The summed E-state index contributed by atoms with van der Waals surface area (Å²) in [5.74, 6) is 4.16. The lowest BCUT2D eigenvalue weighted by atomic mass is 8.92.